The van der Waals surface area contributed by atoms with Crippen molar-refractivity contribution in [2.75, 3.05) is 0 Å². The summed E-state index contributed by atoms with van der Waals surface area (Å²) >= 11 is 0. The van der Waals surface area contributed by atoms with Crippen LogP contribution in [-0.2, 0) is 9.59 Å². The van der Waals surface area contributed by atoms with E-state index in [2.05, 4.69) is 6.58 Å². The minimum atomic E-state index is -0.580. The minimum Gasteiger partial charge on any atom is -0.426 e. The van der Waals surface area contributed by atoms with Gasteiger partial charge < -0.3 is 9.47 Å². The molecule has 2 aromatic carbocycles. The maximum Gasteiger partial charge on any atom is 0.338 e. The van der Waals surface area contributed by atoms with Gasteiger partial charge >= 0.3 is 11.9 Å². The fourth-order valence-electron chi connectivity index (χ4n) is 2.06. The predicted octanol–water partition coefficient (Wildman–Crippen LogP) is 5.02. The van der Waals surface area contributed by atoms with Gasteiger partial charge in [0, 0.05) is 11.1 Å². The Morgan fingerprint density at radius 1 is 0.862 bits per heavy atom. The lowest BCUT2D eigenvalue weighted by molar-refractivity contribution is -0.143. The van der Waals surface area contributed by atoms with E-state index in [1.165, 1.54) is 6.08 Å². The number of rotatable bonds is 6. The number of ether oxygens (including phenoxy) is 2. The van der Waals surface area contributed by atoms with Crippen LogP contribution in [0.3, 0.4) is 0 Å². The molecule has 0 heterocycles. The highest BCUT2D eigenvalue weighted by Crippen LogP contribution is 2.20. The lowest BCUT2D eigenvalue weighted by Crippen LogP contribution is -2.25. The SMILES string of the molecule is C=C(C)C(=O)Oc1ccc(C(=O)/C=C/c2ccc(OC(=O)C(C)(C)C)cc2)cc1. The largest absolute Gasteiger partial charge is 0.426 e. The molecule has 0 fully saturated rings. The summed E-state index contributed by atoms with van der Waals surface area (Å²) in [5.74, 6) is -0.216. The normalized spacial score (nSPS) is 11.2. The summed E-state index contributed by atoms with van der Waals surface area (Å²) in [6.45, 7) is 10.4. The highest BCUT2D eigenvalue weighted by atomic mass is 16.5. The zero-order chi connectivity index (χ0) is 21.6. The molecule has 0 aromatic heterocycles. The number of hydrogen-bond donors (Lipinski definition) is 0. The average Bonchev–Trinajstić information content (AvgIpc) is 2.67. The number of esters is 2. The van der Waals surface area contributed by atoms with Crippen molar-refractivity contribution in [3.63, 3.8) is 0 Å². The molecule has 0 aliphatic carbocycles. The maximum atomic E-state index is 12.3. The van der Waals surface area contributed by atoms with Gasteiger partial charge in [0.05, 0.1) is 5.41 Å². The van der Waals surface area contributed by atoms with E-state index in [0.29, 0.717) is 22.6 Å². The highest BCUT2D eigenvalue weighted by Gasteiger charge is 2.23. The molecule has 2 aromatic rings. The summed E-state index contributed by atoms with van der Waals surface area (Å²) < 4.78 is 10.4. The lowest BCUT2D eigenvalue weighted by Gasteiger charge is -2.16. The van der Waals surface area contributed by atoms with Gasteiger partial charge in [-0.3, -0.25) is 9.59 Å². The maximum absolute atomic E-state index is 12.3. The zero-order valence-electron chi connectivity index (χ0n) is 17.0. The number of hydrogen-bond acceptors (Lipinski definition) is 5. The molecule has 0 aliphatic heterocycles. The van der Waals surface area contributed by atoms with E-state index in [0.717, 1.165) is 5.56 Å². The van der Waals surface area contributed by atoms with Crippen LogP contribution < -0.4 is 9.47 Å². The van der Waals surface area contributed by atoms with Gasteiger partial charge in [-0.2, -0.15) is 0 Å². The van der Waals surface area contributed by atoms with Crippen LogP contribution in [0.5, 0.6) is 11.5 Å². The second-order valence-electron chi connectivity index (χ2n) is 7.60. The molecule has 0 unspecified atom stereocenters. The molecule has 0 aliphatic rings. The summed E-state index contributed by atoms with van der Waals surface area (Å²) in [7, 11) is 0. The van der Waals surface area contributed by atoms with Gasteiger partial charge in [-0.15, -0.1) is 0 Å². The third-order valence-electron chi connectivity index (χ3n) is 3.83. The van der Waals surface area contributed by atoms with Crippen molar-refractivity contribution in [1.82, 2.24) is 0 Å². The molecule has 5 nitrogen and oxygen atoms in total. The van der Waals surface area contributed by atoms with E-state index in [-0.39, 0.29) is 11.8 Å². The topological polar surface area (TPSA) is 69.7 Å². The van der Waals surface area contributed by atoms with E-state index in [1.807, 2.05) is 0 Å². The van der Waals surface area contributed by atoms with Crippen molar-refractivity contribution >= 4 is 23.8 Å². The van der Waals surface area contributed by atoms with Crippen LogP contribution in [0.1, 0.15) is 43.6 Å². The number of allylic oxidation sites excluding steroid dienone is 1. The van der Waals surface area contributed by atoms with E-state index in [4.69, 9.17) is 9.47 Å². The molecule has 0 N–H and O–H groups in total. The van der Waals surface area contributed by atoms with Gasteiger partial charge in [0.1, 0.15) is 11.5 Å². The fourth-order valence-corrected chi connectivity index (χ4v) is 2.06. The fraction of sp³-hybridized carbons (Fsp3) is 0.208. The standard InChI is InChI=1S/C24H24O5/c1-16(2)22(26)28-19-13-9-18(10-14-19)21(25)15-8-17-6-11-20(12-7-17)29-23(27)24(3,4)5/h6-15H,1H2,2-5H3/b15-8+. The molecule has 29 heavy (non-hydrogen) atoms. The predicted molar refractivity (Wildman–Crippen MR) is 112 cm³/mol. The summed E-state index contributed by atoms with van der Waals surface area (Å²) in [6, 6.07) is 13.2. The van der Waals surface area contributed by atoms with Crippen molar-refractivity contribution < 1.29 is 23.9 Å². The van der Waals surface area contributed by atoms with Gasteiger partial charge in [0.2, 0.25) is 0 Å². The monoisotopic (exact) mass is 392 g/mol. The molecule has 0 radical (unpaired) electrons. The van der Waals surface area contributed by atoms with E-state index in [9.17, 15) is 14.4 Å². The molecule has 150 valence electrons. The molecule has 0 saturated carbocycles. The molecule has 0 atom stereocenters. The van der Waals surface area contributed by atoms with Gasteiger partial charge in [0.25, 0.3) is 0 Å². The molecular weight excluding hydrogens is 368 g/mol. The van der Waals surface area contributed by atoms with Crippen LogP contribution in [0.2, 0.25) is 0 Å². The first-order valence-corrected chi connectivity index (χ1v) is 9.09. The first kappa shape index (κ1) is 21.8. The highest BCUT2D eigenvalue weighted by molar-refractivity contribution is 6.06. The second-order valence-corrected chi connectivity index (χ2v) is 7.60. The Bertz CT molecular complexity index is 942. The van der Waals surface area contributed by atoms with Crippen molar-refractivity contribution in [3.05, 3.63) is 77.9 Å². The number of carbonyl (C=O) groups excluding carboxylic acids is 3. The van der Waals surface area contributed by atoms with Crippen LogP contribution in [-0.4, -0.2) is 17.7 Å². The summed E-state index contributed by atoms with van der Waals surface area (Å²) in [5.41, 5.74) is 0.976. The van der Waals surface area contributed by atoms with Gasteiger partial charge in [-0.25, -0.2) is 4.79 Å². The molecule has 0 bridgehead atoms. The first-order chi connectivity index (χ1) is 13.6. The third kappa shape index (κ3) is 6.57. The van der Waals surface area contributed by atoms with E-state index >= 15 is 0 Å². The molecule has 0 amide bonds. The number of ketones is 1. The second kappa shape index (κ2) is 9.15. The zero-order valence-corrected chi connectivity index (χ0v) is 17.0. The van der Waals surface area contributed by atoms with Crippen molar-refractivity contribution in [2.45, 2.75) is 27.7 Å². The number of carbonyl (C=O) groups is 3. The van der Waals surface area contributed by atoms with Crippen molar-refractivity contribution in [1.29, 1.82) is 0 Å². The van der Waals surface area contributed by atoms with Crippen LogP contribution >= 0.6 is 0 Å². The van der Waals surface area contributed by atoms with Gasteiger partial charge in [-0.1, -0.05) is 24.8 Å². The summed E-state index contributed by atoms with van der Waals surface area (Å²) in [4.78, 5) is 35.7. The molecule has 0 spiro atoms. The Labute approximate surface area is 170 Å². The average molecular weight is 392 g/mol. The molecule has 0 saturated heterocycles. The summed E-state index contributed by atoms with van der Waals surface area (Å²) in [5, 5.41) is 0. The quantitative estimate of drug-likeness (QED) is 0.299. The van der Waals surface area contributed by atoms with Crippen LogP contribution in [0.15, 0.2) is 66.8 Å². The van der Waals surface area contributed by atoms with Gasteiger partial charge in [-0.05, 0) is 75.7 Å². The van der Waals surface area contributed by atoms with Crippen LogP contribution in [0.25, 0.3) is 6.08 Å². The Hall–Kier alpha value is -3.47. The Balaban J connectivity index is 1.99. The molecular formula is C24H24O5. The van der Waals surface area contributed by atoms with E-state index in [1.54, 1.807) is 82.3 Å². The van der Waals surface area contributed by atoms with Crippen LogP contribution in [0, 0.1) is 5.41 Å². The Morgan fingerprint density at radius 2 is 1.38 bits per heavy atom. The molecule has 2 rings (SSSR count). The Kier molecular flexibility index (Phi) is 6.89. The van der Waals surface area contributed by atoms with Crippen molar-refractivity contribution in [3.8, 4) is 11.5 Å². The minimum absolute atomic E-state index is 0.189. The summed E-state index contributed by atoms with van der Waals surface area (Å²) in [6.07, 6.45) is 3.12. The first-order valence-electron chi connectivity index (χ1n) is 9.09. The molecule has 5 heteroatoms. The van der Waals surface area contributed by atoms with Crippen LogP contribution in [0.4, 0.5) is 0 Å². The van der Waals surface area contributed by atoms with Crippen molar-refractivity contribution in [2.24, 2.45) is 5.41 Å². The smallest absolute Gasteiger partial charge is 0.338 e. The van der Waals surface area contributed by atoms with Gasteiger partial charge in [0.15, 0.2) is 5.78 Å². The third-order valence-corrected chi connectivity index (χ3v) is 3.83. The number of benzene rings is 2. The lowest BCUT2D eigenvalue weighted by atomic mass is 9.97. The van der Waals surface area contributed by atoms with E-state index < -0.39 is 11.4 Å². The Morgan fingerprint density at radius 3 is 1.90 bits per heavy atom.